The molecule has 2 aliphatic rings. The van der Waals surface area contributed by atoms with Crippen molar-refractivity contribution in [2.75, 3.05) is 6.61 Å². The Morgan fingerprint density at radius 3 is 2.25 bits per heavy atom. The van der Waals surface area contributed by atoms with Crippen LogP contribution in [0.1, 0.15) is 12.8 Å². The van der Waals surface area contributed by atoms with Crippen LogP contribution in [0.15, 0.2) is 0 Å². The van der Waals surface area contributed by atoms with Crippen LogP contribution in [0.5, 0.6) is 0 Å². The lowest BCUT2D eigenvalue weighted by Gasteiger charge is -2.45. The number of ether oxygens (including phenoxy) is 1. The molecular formula is C11H23NO2Si2. The summed E-state index contributed by atoms with van der Waals surface area (Å²) in [6.07, 6.45) is 1.69. The summed E-state index contributed by atoms with van der Waals surface area (Å²) in [5.41, 5.74) is 0. The van der Waals surface area contributed by atoms with Crippen molar-refractivity contribution in [1.29, 1.82) is 0 Å². The van der Waals surface area contributed by atoms with Crippen LogP contribution in [-0.4, -0.2) is 39.3 Å². The molecule has 0 saturated carbocycles. The standard InChI is InChI=1S/C11H23NO2Si2/c1-15(2)7-8-16(3,4)12(15)10-5-6-14-11(13)9-10/h10H,5-9H2,1-4H3. The predicted octanol–water partition coefficient (Wildman–Crippen LogP) is 2.42. The van der Waals surface area contributed by atoms with Gasteiger partial charge in [0.05, 0.1) is 13.0 Å². The number of cyclic esters (lactones) is 1. The second-order valence-corrected chi connectivity index (χ2v) is 16.0. The molecule has 1 atom stereocenters. The van der Waals surface area contributed by atoms with Gasteiger partial charge in [0, 0.05) is 6.04 Å². The monoisotopic (exact) mass is 257 g/mol. The summed E-state index contributed by atoms with van der Waals surface area (Å²) in [5.74, 6) is 0.0118. The van der Waals surface area contributed by atoms with E-state index < -0.39 is 16.5 Å². The zero-order chi connectivity index (χ0) is 12.0. The average molecular weight is 257 g/mol. The van der Waals surface area contributed by atoms with Crippen molar-refractivity contribution in [3.63, 3.8) is 0 Å². The van der Waals surface area contributed by atoms with Crippen molar-refractivity contribution in [1.82, 2.24) is 4.23 Å². The molecule has 0 radical (unpaired) electrons. The van der Waals surface area contributed by atoms with E-state index >= 15 is 0 Å². The fourth-order valence-electron chi connectivity index (χ4n) is 3.54. The molecule has 3 nitrogen and oxygen atoms in total. The summed E-state index contributed by atoms with van der Waals surface area (Å²) < 4.78 is 7.90. The van der Waals surface area contributed by atoms with E-state index in [-0.39, 0.29) is 5.97 Å². The molecule has 2 aliphatic heterocycles. The van der Waals surface area contributed by atoms with Crippen LogP contribution >= 0.6 is 0 Å². The number of rotatable bonds is 1. The van der Waals surface area contributed by atoms with Crippen molar-refractivity contribution in [2.24, 2.45) is 0 Å². The number of carbonyl (C=O) groups is 1. The summed E-state index contributed by atoms with van der Waals surface area (Å²) in [6.45, 7) is 10.5. The summed E-state index contributed by atoms with van der Waals surface area (Å²) >= 11 is 0. The number of esters is 1. The average Bonchev–Trinajstić information content (AvgIpc) is 2.35. The smallest absolute Gasteiger partial charge is 0.307 e. The largest absolute Gasteiger partial charge is 0.466 e. The summed E-state index contributed by atoms with van der Waals surface area (Å²) in [5, 5.41) is 0. The van der Waals surface area contributed by atoms with Crippen LogP contribution in [0, 0.1) is 0 Å². The van der Waals surface area contributed by atoms with E-state index in [0.717, 1.165) is 6.42 Å². The van der Waals surface area contributed by atoms with E-state index in [0.29, 0.717) is 19.1 Å². The van der Waals surface area contributed by atoms with Crippen molar-refractivity contribution in [2.45, 2.75) is 57.2 Å². The highest BCUT2D eigenvalue weighted by atomic mass is 28.4. The van der Waals surface area contributed by atoms with E-state index in [1.807, 2.05) is 0 Å². The second kappa shape index (κ2) is 3.96. The molecule has 16 heavy (non-hydrogen) atoms. The Morgan fingerprint density at radius 1 is 1.19 bits per heavy atom. The number of carbonyl (C=O) groups excluding carboxylic acids is 1. The molecule has 0 N–H and O–H groups in total. The highest BCUT2D eigenvalue weighted by Gasteiger charge is 2.50. The van der Waals surface area contributed by atoms with Gasteiger partial charge in [-0.05, 0) is 18.5 Å². The highest BCUT2D eigenvalue weighted by Crippen LogP contribution is 2.40. The summed E-state index contributed by atoms with van der Waals surface area (Å²) in [6, 6.07) is 3.32. The van der Waals surface area contributed by atoms with Crippen LogP contribution in [0.4, 0.5) is 0 Å². The first kappa shape index (κ1) is 12.3. The molecule has 0 aromatic carbocycles. The topological polar surface area (TPSA) is 29.5 Å². The van der Waals surface area contributed by atoms with Crippen LogP contribution in [-0.2, 0) is 9.53 Å². The maximum atomic E-state index is 11.4. The summed E-state index contributed by atoms with van der Waals surface area (Å²) in [4.78, 5) is 11.4. The Hall–Kier alpha value is -0.136. The zero-order valence-corrected chi connectivity index (χ0v) is 12.9. The van der Waals surface area contributed by atoms with E-state index in [4.69, 9.17) is 4.74 Å². The first-order valence-corrected chi connectivity index (χ1v) is 12.6. The molecule has 2 fully saturated rings. The lowest BCUT2D eigenvalue weighted by Crippen LogP contribution is -2.61. The molecule has 0 aliphatic carbocycles. The number of hydrogen-bond donors (Lipinski definition) is 0. The van der Waals surface area contributed by atoms with Crippen LogP contribution in [0.25, 0.3) is 0 Å². The lowest BCUT2D eigenvalue weighted by molar-refractivity contribution is -0.148. The molecule has 2 heterocycles. The maximum absolute atomic E-state index is 11.4. The first-order chi connectivity index (χ1) is 7.33. The molecule has 92 valence electrons. The van der Waals surface area contributed by atoms with Gasteiger partial charge in [-0.2, -0.15) is 0 Å². The lowest BCUT2D eigenvalue weighted by atomic mass is 10.1. The zero-order valence-electron chi connectivity index (χ0n) is 10.9. The fourth-order valence-corrected chi connectivity index (χ4v) is 18.6. The second-order valence-electron chi connectivity index (χ2n) is 6.36. The molecule has 2 saturated heterocycles. The van der Waals surface area contributed by atoms with Gasteiger partial charge in [0.15, 0.2) is 0 Å². The van der Waals surface area contributed by atoms with Crippen molar-refractivity contribution >= 4 is 22.4 Å². The Bertz CT molecular complexity index is 288. The first-order valence-electron chi connectivity index (χ1n) is 6.28. The number of hydrogen-bond acceptors (Lipinski definition) is 3. The molecule has 2 rings (SSSR count). The molecule has 0 amide bonds. The van der Waals surface area contributed by atoms with Crippen LogP contribution in [0.3, 0.4) is 0 Å². The quantitative estimate of drug-likeness (QED) is 0.534. The molecule has 0 bridgehead atoms. The van der Waals surface area contributed by atoms with Crippen molar-refractivity contribution < 1.29 is 9.53 Å². The van der Waals surface area contributed by atoms with Crippen molar-refractivity contribution in [3.8, 4) is 0 Å². The fraction of sp³-hybridized carbons (Fsp3) is 0.909. The van der Waals surface area contributed by atoms with Crippen molar-refractivity contribution in [3.05, 3.63) is 0 Å². The van der Waals surface area contributed by atoms with Gasteiger partial charge in [-0.1, -0.05) is 26.2 Å². The van der Waals surface area contributed by atoms with E-state index in [1.165, 1.54) is 12.1 Å². The minimum Gasteiger partial charge on any atom is -0.466 e. The van der Waals surface area contributed by atoms with Gasteiger partial charge in [0.2, 0.25) is 0 Å². The third-order valence-electron chi connectivity index (χ3n) is 4.13. The van der Waals surface area contributed by atoms with E-state index in [2.05, 4.69) is 30.4 Å². The summed E-state index contributed by atoms with van der Waals surface area (Å²) in [7, 11) is -2.47. The predicted molar refractivity (Wildman–Crippen MR) is 70.4 cm³/mol. The van der Waals surface area contributed by atoms with Crippen LogP contribution in [0.2, 0.25) is 38.3 Å². The van der Waals surface area contributed by atoms with Gasteiger partial charge in [-0.3, -0.25) is 4.79 Å². The Kier molecular flexibility index (Phi) is 3.05. The van der Waals surface area contributed by atoms with Gasteiger partial charge in [0.25, 0.3) is 0 Å². The minimum atomic E-state index is -1.23. The van der Waals surface area contributed by atoms with E-state index in [9.17, 15) is 4.79 Å². The molecule has 5 heteroatoms. The molecule has 0 spiro atoms. The molecule has 1 unspecified atom stereocenters. The minimum absolute atomic E-state index is 0.0118. The Labute approximate surface area is 100 Å². The third-order valence-corrected chi connectivity index (χ3v) is 14.6. The van der Waals surface area contributed by atoms with Gasteiger partial charge in [-0.25, -0.2) is 0 Å². The number of nitrogens with zero attached hydrogens (tertiary/aromatic N) is 1. The Morgan fingerprint density at radius 2 is 1.75 bits per heavy atom. The molecule has 0 aromatic rings. The van der Waals surface area contributed by atoms with Gasteiger partial charge >= 0.3 is 5.97 Å². The van der Waals surface area contributed by atoms with Gasteiger partial charge < -0.3 is 8.97 Å². The molecule has 0 aromatic heterocycles. The highest BCUT2D eigenvalue weighted by molar-refractivity contribution is 6.95. The van der Waals surface area contributed by atoms with Crippen LogP contribution < -0.4 is 0 Å². The van der Waals surface area contributed by atoms with E-state index in [1.54, 1.807) is 0 Å². The third kappa shape index (κ3) is 2.12. The van der Waals surface area contributed by atoms with Gasteiger partial charge in [-0.15, -0.1) is 0 Å². The normalized spacial score (nSPS) is 33.8. The molecular weight excluding hydrogens is 234 g/mol. The maximum Gasteiger partial charge on any atom is 0.307 e. The van der Waals surface area contributed by atoms with Gasteiger partial charge in [0.1, 0.15) is 16.5 Å². The SMILES string of the molecule is C[Si]1(C)CC[Si](C)(C)N1C1CCOC(=O)C1. The Balaban J connectivity index is 2.19.